The molecule has 2 amide bonds. The van der Waals surface area contributed by atoms with Crippen molar-refractivity contribution in [2.45, 2.75) is 25.8 Å². The van der Waals surface area contributed by atoms with E-state index in [9.17, 15) is 31.5 Å². The number of hydrogen-bond donors (Lipinski definition) is 2. The Morgan fingerprint density at radius 3 is 2.21 bits per heavy atom. The van der Waals surface area contributed by atoms with Gasteiger partial charge in [-0.05, 0) is 47.7 Å². The average molecular weight is 461 g/mol. The number of rotatable bonds is 5. The molecule has 0 bridgehead atoms. The number of nitrogens with zero attached hydrogens (tertiary/aromatic N) is 1. The van der Waals surface area contributed by atoms with Crippen LogP contribution in [-0.2, 0) is 24.2 Å². The van der Waals surface area contributed by atoms with Crippen molar-refractivity contribution < 1.29 is 31.5 Å². The van der Waals surface area contributed by atoms with E-state index in [-0.39, 0.29) is 35.8 Å². The van der Waals surface area contributed by atoms with Crippen molar-refractivity contribution in [3.05, 3.63) is 93.4 Å². The van der Waals surface area contributed by atoms with Crippen molar-refractivity contribution in [2.75, 3.05) is 5.32 Å². The molecular formula is C23H16F5N3O2. The molecule has 0 atom stereocenters. The molecule has 10 heteroatoms. The Hall–Kier alpha value is -3.82. The van der Waals surface area contributed by atoms with Gasteiger partial charge in [-0.1, -0.05) is 0 Å². The first-order valence-corrected chi connectivity index (χ1v) is 9.89. The van der Waals surface area contributed by atoms with Gasteiger partial charge in [-0.15, -0.1) is 0 Å². The van der Waals surface area contributed by atoms with Gasteiger partial charge in [0, 0.05) is 36.7 Å². The van der Waals surface area contributed by atoms with Gasteiger partial charge in [-0.25, -0.2) is 26.9 Å². The van der Waals surface area contributed by atoms with E-state index < -0.39 is 47.1 Å². The number of carbonyl (C=O) groups excluding carboxylic acids is 2. The van der Waals surface area contributed by atoms with Crippen molar-refractivity contribution >= 4 is 17.6 Å². The largest absolute Gasteiger partial charge is 0.346 e. The summed E-state index contributed by atoms with van der Waals surface area (Å²) >= 11 is 0. The van der Waals surface area contributed by atoms with Crippen molar-refractivity contribution in [1.82, 2.24) is 10.3 Å². The third kappa shape index (κ3) is 5.00. The molecule has 2 N–H and O–H groups in total. The zero-order valence-corrected chi connectivity index (χ0v) is 16.9. The fraction of sp³-hybridized carbons (Fsp3) is 0.174. The SMILES string of the molecule is O=C1CCc2cc(Cc3cc(F)cc(F)c3)c(C(=O)NCc3c(F)cc(F)cc3F)nc2N1. The minimum Gasteiger partial charge on any atom is -0.346 e. The molecule has 0 fully saturated rings. The molecule has 1 aliphatic rings. The number of nitrogens with one attached hydrogen (secondary N) is 2. The maximum absolute atomic E-state index is 13.9. The molecule has 1 aromatic heterocycles. The van der Waals surface area contributed by atoms with Crippen LogP contribution in [0.2, 0.25) is 0 Å². The number of benzene rings is 2. The Morgan fingerprint density at radius 1 is 0.909 bits per heavy atom. The second-order valence-corrected chi connectivity index (χ2v) is 7.54. The molecule has 5 nitrogen and oxygen atoms in total. The van der Waals surface area contributed by atoms with Gasteiger partial charge in [0.2, 0.25) is 5.91 Å². The van der Waals surface area contributed by atoms with E-state index >= 15 is 0 Å². The molecule has 0 spiro atoms. The number of fused-ring (bicyclic) bond motifs is 1. The van der Waals surface area contributed by atoms with Gasteiger partial charge >= 0.3 is 0 Å². The lowest BCUT2D eigenvalue weighted by Crippen LogP contribution is -2.28. The van der Waals surface area contributed by atoms with E-state index in [1.807, 2.05) is 0 Å². The highest BCUT2D eigenvalue weighted by molar-refractivity contribution is 5.97. The molecule has 4 rings (SSSR count). The van der Waals surface area contributed by atoms with E-state index in [4.69, 9.17) is 0 Å². The number of hydrogen-bond acceptors (Lipinski definition) is 3. The van der Waals surface area contributed by atoms with E-state index in [0.717, 1.165) is 12.1 Å². The van der Waals surface area contributed by atoms with Crippen LogP contribution in [0.3, 0.4) is 0 Å². The lowest BCUT2D eigenvalue weighted by molar-refractivity contribution is -0.116. The fourth-order valence-electron chi connectivity index (χ4n) is 3.60. The van der Waals surface area contributed by atoms with E-state index in [1.165, 1.54) is 0 Å². The smallest absolute Gasteiger partial charge is 0.270 e. The Kier molecular flexibility index (Phi) is 6.08. The summed E-state index contributed by atoms with van der Waals surface area (Å²) in [6, 6.07) is 5.50. The molecule has 170 valence electrons. The highest BCUT2D eigenvalue weighted by atomic mass is 19.2. The van der Waals surface area contributed by atoms with Gasteiger partial charge in [0.25, 0.3) is 5.91 Å². The van der Waals surface area contributed by atoms with Crippen molar-refractivity contribution in [3.63, 3.8) is 0 Å². The minimum atomic E-state index is -1.17. The van der Waals surface area contributed by atoms with Gasteiger partial charge in [-0.2, -0.15) is 0 Å². The molecule has 1 aliphatic heterocycles. The van der Waals surface area contributed by atoms with Crippen LogP contribution in [0.5, 0.6) is 0 Å². The van der Waals surface area contributed by atoms with Gasteiger partial charge in [0.15, 0.2) is 0 Å². The Balaban J connectivity index is 1.67. The minimum absolute atomic E-state index is 0.0646. The van der Waals surface area contributed by atoms with Crippen LogP contribution in [0.25, 0.3) is 0 Å². The monoisotopic (exact) mass is 461 g/mol. The maximum Gasteiger partial charge on any atom is 0.270 e. The van der Waals surface area contributed by atoms with Gasteiger partial charge in [0.05, 0.1) is 0 Å². The molecule has 2 heterocycles. The molecule has 0 saturated heterocycles. The summed E-state index contributed by atoms with van der Waals surface area (Å²) in [5.41, 5.74) is 0.424. The topological polar surface area (TPSA) is 71.1 Å². The predicted octanol–water partition coefficient (Wildman–Crippen LogP) is 4.18. The summed E-state index contributed by atoms with van der Waals surface area (Å²) in [6.45, 7) is -0.601. The fourth-order valence-corrected chi connectivity index (χ4v) is 3.60. The second-order valence-electron chi connectivity index (χ2n) is 7.54. The number of aryl methyl sites for hydroxylation is 1. The molecule has 2 aromatic carbocycles. The summed E-state index contributed by atoms with van der Waals surface area (Å²) in [5.74, 6) is -6.01. The van der Waals surface area contributed by atoms with Crippen LogP contribution in [0.15, 0.2) is 36.4 Å². The summed E-state index contributed by atoms with van der Waals surface area (Å²) in [4.78, 5) is 28.8. The van der Waals surface area contributed by atoms with Gasteiger partial charge < -0.3 is 10.6 Å². The first-order chi connectivity index (χ1) is 15.7. The maximum atomic E-state index is 13.9. The van der Waals surface area contributed by atoms with E-state index in [0.29, 0.717) is 35.7 Å². The van der Waals surface area contributed by atoms with Crippen LogP contribution in [-0.4, -0.2) is 16.8 Å². The number of pyridine rings is 1. The third-order valence-electron chi connectivity index (χ3n) is 5.12. The van der Waals surface area contributed by atoms with E-state index in [2.05, 4.69) is 15.6 Å². The number of halogens is 5. The van der Waals surface area contributed by atoms with Crippen LogP contribution in [0, 0.1) is 29.1 Å². The first-order valence-electron chi connectivity index (χ1n) is 9.89. The normalized spacial score (nSPS) is 12.8. The Morgan fingerprint density at radius 2 is 1.55 bits per heavy atom. The zero-order chi connectivity index (χ0) is 23.7. The van der Waals surface area contributed by atoms with Crippen LogP contribution >= 0.6 is 0 Å². The van der Waals surface area contributed by atoms with Crippen molar-refractivity contribution in [3.8, 4) is 0 Å². The molecule has 3 aromatic rings. The van der Waals surface area contributed by atoms with Crippen LogP contribution < -0.4 is 10.6 Å². The molecular weight excluding hydrogens is 445 g/mol. The third-order valence-corrected chi connectivity index (χ3v) is 5.12. The molecule has 0 radical (unpaired) electrons. The molecule has 0 saturated carbocycles. The molecule has 0 unspecified atom stereocenters. The highest BCUT2D eigenvalue weighted by Gasteiger charge is 2.23. The highest BCUT2D eigenvalue weighted by Crippen LogP contribution is 2.26. The van der Waals surface area contributed by atoms with Crippen molar-refractivity contribution in [1.29, 1.82) is 0 Å². The van der Waals surface area contributed by atoms with Crippen LogP contribution in [0.1, 0.15) is 39.2 Å². The lowest BCUT2D eigenvalue weighted by atomic mass is 9.97. The van der Waals surface area contributed by atoms with Crippen molar-refractivity contribution in [2.24, 2.45) is 0 Å². The standard InChI is InChI=1S/C23H16F5N3O2/c24-14-4-11(5-15(25)7-14)3-13-6-12-1-2-20(32)30-22(12)31-21(13)23(33)29-10-17-18(27)8-16(26)9-19(17)28/h4-9H,1-3,10H2,(H,29,33)(H,30,31,32). The average Bonchev–Trinajstić information content (AvgIpc) is 2.71. The van der Waals surface area contributed by atoms with Crippen LogP contribution in [0.4, 0.5) is 27.8 Å². The molecule has 33 heavy (non-hydrogen) atoms. The second kappa shape index (κ2) is 8.97. The predicted molar refractivity (Wildman–Crippen MR) is 108 cm³/mol. The summed E-state index contributed by atoms with van der Waals surface area (Å²) < 4.78 is 68.2. The summed E-state index contributed by atoms with van der Waals surface area (Å²) in [5, 5.41) is 4.87. The number of carbonyl (C=O) groups is 2. The Bertz CT molecular complexity index is 1240. The number of aromatic nitrogens is 1. The first kappa shape index (κ1) is 22.4. The summed E-state index contributed by atoms with van der Waals surface area (Å²) in [6.07, 6.45) is 0.495. The number of amides is 2. The summed E-state index contributed by atoms with van der Waals surface area (Å²) in [7, 11) is 0. The van der Waals surface area contributed by atoms with E-state index in [1.54, 1.807) is 6.07 Å². The molecule has 0 aliphatic carbocycles. The lowest BCUT2D eigenvalue weighted by Gasteiger charge is -2.19. The quantitative estimate of drug-likeness (QED) is 0.560. The Labute approximate surface area is 184 Å². The van der Waals surface area contributed by atoms with Gasteiger partial charge in [-0.3, -0.25) is 9.59 Å². The van der Waals surface area contributed by atoms with Gasteiger partial charge in [0.1, 0.15) is 40.6 Å². The number of anilines is 1. The zero-order valence-electron chi connectivity index (χ0n) is 16.9.